The molecule has 0 amide bonds. The molecule has 0 aliphatic heterocycles. The summed E-state index contributed by atoms with van der Waals surface area (Å²) >= 11 is 3.48. The van der Waals surface area contributed by atoms with Crippen molar-refractivity contribution in [1.29, 1.82) is 0 Å². The Morgan fingerprint density at radius 2 is 1.36 bits per heavy atom. The second-order valence-corrected chi connectivity index (χ2v) is 9.47. The summed E-state index contributed by atoms with van der Waals surface area (Å²) in [5.41, 5.74) is 0. The van der Waals surface area contributed by atoms with Crippen molar-refractivity contribution in [3.63, 3.8) is 0 Å². The summed E-state index contributed by atoms with van der Waals surface area (Å²) in [7, 11) is -1.93. The lowest BCUT2D eigenvalue weighted by atomic mass is 10.2. The lowest BCUT2D eigenvalue weighted by Gasteiger charge is -2.26. The average molecular weight is 283 g/mol. The molecule has 0 saturated carbocycles. The van der Waals surface area contributed by atoms with E-state index in [9.17, 15) is 0 Å². The zero-order valence-corrected chi connectivity index (χ0v) is 12.6. The maximum atomic E-state index is 5.86. The molecule has 0 aromatic carbocycles. The molecule has 0 aromatic heterocycles. The number of rotatable bonds is 7. The number of hydrogen-bond acceptors (Lipinski definition) is 2. The third-order valence-electron chi connectivity index (χ3n) is 1.69. The van der Waals surface area contributed by atoms with Crippen LogP contribution in [0.4, 0.5) is 0 Å². The van der Waals surface area contributed by atoms with E-state index in [2.05, 4.69) is 50.2 Å². The molecule has 14 heavy (non-hydrogen) atoms. The van der Waals surface area contributed by atoms with Crippen molar-refractivity contribution in [1.82, 2.24) is 0 Å². The summed E-state index contributed by atoms with van der Waals surface area (Å²) in [6.07, 6.45) is 0. The minimum atomic E-state index is -1.93. The lowest BCUT2D eigenvalue weighted by molar-refractivity contribution is 0.147. The molecule has 0 heterocycles. The molecule has 0 unspecified atom stereocenters. The molecule has 0 spiro atoms. The summed E-state index contributed by atoms with van der Waals surface area (Å²) in [5.74, 6) is 1.15. The summed E-state index contributed by atoms with van der Waals surface area (Å²) in [5, 5.41) is 0. The number of hydrogen-bond donors (Lipinski definition) is 0. The van der Waals surface area contributed by atoms with E-state index >= 15 is 0 Å². The molecule has 0 aliphatic carbocycles. The van der Waals surface area contributed by atoms with Crippen molar-refractivity contribution in [3.05, 3.63) is 0 Å². The molecule has 4 heteroatoms. The first-order valence-electron chi connectivity index (χ1n) is 5.23. The van der Waals surface area contributed by atoms with Crippen LogP contribution in [0.15, 0.2) is 0 Å². The Bertz CT molecular complexity index is 139. The molecule has 2 nitrogen and oxygen atoms in total. The van der Waals surface area contributed by atoms with E-state index in [0.717, 1.165) is 18.2 Å². The maximum Gasteiger partial charge on any atom is 0.345 e. The van der Waals surface area contributed by atoms with Crippen LogP contribution in [0.1, 0.15) is 27.7 Å². The first kappa shape index (κ1) is 14.6. The van der Waals surface area contributed by atoms with Gasteiger partial charge in [0.05, 0.1) is 0 Å². The lowest BCUT2D eigenvalue weighted by Crippen LogP contribution is -2.43. The topological polar surface area (TPSA) is 18.5 Å². The van der Waals surface area contributed by atoms with Gasteiger partial charge < -0.3 is 8.85 Å². The van der Waals surface area contributed by atoms with Gasteiger partial charge in [0.1, 0.15) is 0 Å². The zero-order valence-electron chi connectivity index (χ0n) is 9.97. The molecule has 0 fully saturated rings. The predicted octanol–water partition coefficient (Wildman–Crippen LogP) is 3.34. The van der Waals surface area contributed by atoms with Crippen LogP contribution < -0.4 is 0 Å². The standard InChI is InChI=1S/C10H23BrO2Si/c1-9(2)6-12-14(5,8-11)13-7-10(3)4/h9-10H,6-8H2,1-5H3. The molecule has 0 saturated heterocycles. The van der Waals surface area contributed by atoms with Gasteiger partial charge in [0.15, 0.2) is 0 Å². The van der Waals surface area contributed by atoms with E-state index in [1.165, 1.54) is 0 Å². The molecule has 0 aromatic rings. The molecular weight excluding hydrogens is 260 g/mol. The number of alkyl halides is 1. The van der Waals surface area contributed by atoms with E-state index in [1.807, 2.05) is 0 Å². The van der Waals surface area contributed by atoms with Crippen LogP contribution in [0.3, 0.4) is 0 Å². The molecule has 0 aliphatic rings. The fourth-order valence-corrected chi connectivity index (χ4v) is 3.39. The summed E-state index contributed by atoms with van der Waals surface area (Å²) in [4.78, 5) is 0.847. The average Bonchev–Trinajstić information content (AvgIpc) is 2.11. The van der Waals surface area contributed by atoms with Gasteiger partial charge in [0.25, 0.3) is 0 Å². The second-order valence-electron chi connectivity index (χ2n) is 4.68. The Balaban J connectivity index is 3.91. The van der Waals surface area contributed by atoms with Gasteiger partial charge in [-0.3, -0.25) is 0 Å². The first-order chi connectivity index (χ1) is 6.39. The molecule has 0 N–H and O–H groups in total. The van der Waals surface area contributed by atoms with E-state index in [4.69, 9.17) is 8.85 Å². The minimum absolute atomic E-state index is 0.573. The Labute approximate surface area is 97.7 Å². The van der Waals surface area contributed by atoms with Crippen molar-refractivity contribution < 1.29 is 8.85 Å². The van der Waals surface area contributed by atoms with Crippen LogP contribution >= 0.6 is 15.9 Å². The SMILES string of the molecule is CC(C)CO[Si](C)(CBr)OCC(C)C. The van der Waals surface area contributed by atoms with Crippen LogP contribution in [0, 0.1) is 11.8 Å². The smallest absolute Gasteiger partial charge is 0.345 e. The van der Waals surface area contributed by atoms with Gasteiger partial charge in [0, 0.05) is 18.2 Å². The van der Waals surface area contributed by atoms with Gasteiger partial charge in [-0.25, -0.2) is 0 Å². The quantitative estimate of drug-likeness (QED) is 0.527. The molecule has 0 rings (SSSR count). The van der Waals surface area contributed by atoms with E-state index in [-0.39, 0.29) is 0 Å². The predicted molar refractivity (Wildman–Crippen MR) is 67.0 cm³/mol. The first-order valence-corrected chi connectivity index (χ1v) is 8.88. The van der Waals surface area contributed by atoms with E-state index in [1.54, 1.807) is 0 Å². The molecule has 0 radical (unpaired) electrons. The Hall–Kier alpha value is 0.617. The summed E-state index contributed by atoms with van der Waals surface area (Å²) < 4.78 is 11.7. The molecular formula is C10H23BrO2Si. The van der Waals surface area contributed by atoms with Gasteiger partial charge in [-0.2, -0.15) is 0 Å². The zero-order chi connectivity index (χ0) is 11.2. The van der Waals surface area contributed by atoms with Crippen molar-refractivity contribution in [3.8, 4) is 0 Å². The van der Waals surface area contributed by atoms with E-state index in [0.29, 0.717) is 11.8 Å². The largest absolute Gasteiger partial charge is 0.394 e. The van der Waals surface area contributed by atoms with Gasteiger partial charge >= 0.3 is 8.56 Å². The Kier molecular flexibility index (Phi) is 7.29. The normalized spacial score (nSPS) is 12.9. The second kappa shape index (κ2) is 6.98. The Morgan fingerprint density at radius 3 is 1.57 bits per heavy atom. The van der Waals surface area contributed by atoms with Crippen molar-refractivity contribution in [2.45, 2.75) is 34.2 Å². The Morgan fingerprint density at radius 1 is 1.00 bits per heavy atom. The van der Waals surface area contributed by atoms with Crippen LogP contribution in [0.25, 0.3) is 0 Å². The summed E-state index contributed by atoms with van der Waals surface area (Å²) in [6, 6.07) is 0. The molecule has 86 valence electrons. The van der Waals surface area contributed by atoms with Gasteiger partial charge in [-0.15, -0.1) is 0 Å². The van der Waals surface area contributed by atoms with Crippen molar-refractivity contribution in [2.75, 3.05) is 18.2 Å². The molecule has 0 bridgehead atoms. The van der Waals surface area contributed by atoms with Crippen LogP contribution in [0.2, 0.25) is 6.55 Å². The fourth-order valence-electron chi connectivity index (χ4n) is 0.805. The minimum Gasteiger partial charge on any atom is -0.394 e. The van der Waals surface area contributed by atoms with Crippen molar-refractivity contribution >= 4 is 24.5 Å². The van der Waals surface area contributed by atoms with Gasteiger partial charge in [-0.05, 0) is 18.4 Å². The highest BCUT2D eigenvalue weighted by Gasteiger charge is 2.30. The van der Waals surface area contributed by atoms with Gasteiger partial charge in [-0.1, -0.05) is 43.6 Å². The fraction of sp³-hybridized carbons (Fsp3) is 1.00. The monoisotopic (exact) mass is 282 g/mol. The van der Waals surface area contributed by atoms with Gasteiger partial charge in [0.2, 0.25) is 0 Å². The van der Waals surface area contributed by atoms with Crippen LogP contribution in [-0.2, 0) is 8.85 Å². The highest BCUT2D eigenvalue weighted by atomic mass is 79.9. The van der Waals surface area contributed by atoms with E-state index < -0.39 is 8.56 Å². The van der Waals surface area contributed by atoms with Crippen LogP contribution in [0.5, 0.6) is 0 Å². The maximum absolute atomic E-state index is 5.86. The highest BCUT2D eigenvalue weighted by Crippen LogP contribution is 2.13. The van der Waals surface area contributed by atoms with Crippen LogP contribution in [-0.4, -0.2) is 26.7 Å². The highest BCUT2D eigenvalue weighted by molar-refractivity contribution is 9.09. The molecule has 0 atom stereocenters. The summed E-state index contributed by atoms with van der Waals surface area (Å²) in [6.45, 7) is 12.3. The third-order valence-corrected chi connectivity index (χ3v) is 6.78. The van der Waals surface area contributed by atoms with Crippen molar-refractivity contribution in [2.24, 2.45) is 11.8 Å². The third kappa shape index (κ3) is 6.98. The number of halogens is 1.